The predicted octanol–water partition coefficient (Wildman–Crippen LogP) is 2.16. The number of anilines is 1. The van der Waals surface area contributed by atoms with E-state index >= 15 is 0 Å². The Kier molecular flexibility index (Phi) is 5.13. The second-order valence-electron chi connectivity index (χ2n) is 3.60. The van der Waals surface area contributed by atoms with Crippen molar-refractivity contribution in [1.82, 2.24) is 9.36 Å². The van der Waals surface area contributed by atoms with Crippen molar-refractivity contribution in [1.29, 1.82) is 0 Å². The van der Waals surface area contributed by atoms with E-state index in [2.05, 4.69) is 9.36 Å². The summed E-state index contributed by atoms with van der Waals surface area (Å²) >= 11 is 0.744. The van der Waals surface area contributed by atoms with Gasteiger partial charge in [0, 0.05) is 31.7 Å². The van der Waals surface area contributed by atoms with Gasteiger partial charge in [0.1, 0.15) is 0 Å². The van der Waals surface area contributed by atoms with Gasteiger partial charge in [-0.3, -0.25) is 0 Å². The van der Waals surface area contributed by atoms with Crippen LogP contribution in [0.1, 0.15) is 25.1 Å². The van der Waals surface area contributed by atoms with Crippen molar-refractivity contribution >= 4 is 16.7 Å². The Hall–Kier alpha value is -0.890. The molecule has 0 amide bonds. The van der Waals surface area contributed by atoms with Crippen LogP contribution in [0.4, 0.5) is 18.3 Å². The van der Waals surface area contributed by atoms with E-state index in [4.69, 9.17) is 5.11 Å². The minimum absolute atomic E-state index is 0.140. The van der Waals surface area contributed by atoms with Gasteiger partial charge in [0.2, 0.25) is 11.0 Å². The lowest BCUT2D eigenvalue weighted by molar-refractivity contribution is -0.144. The van der Waals surface area contributed by atoms with Crippen LogP contribution in [0.5, 0.6) is 0 Å². The van der Waals surface area contributed by atoms with Crippen LogP contribution < -0.4 is 4.90 Å². The van der Waals surface area contributed by atoms with Crippen molar-refractivity contribution < 1.29 is 18.3 Å². The molecule has 0 aliphatic rings. The van der Waals surface area contributed by atoms with Gasteiger partial charge >= 0.3 is 6.18 Å². The second kappa shape index (κ2) is 6.15. The molecule has 0 aromatic carbocycles. The summed E-state index contributed by atoms with van der Waals surface area (Å²) in [6.07, 6.45) is -2.13. The fourth-order valence-electron chi connectivity index (χ4n) is 1.22. The van der Waals surface area contributed by atoms with Crippen LogP contribution in [0.2, 0.25) is 0 Å². The maximum absolute atomic E-state index is 12.3. The van der Waals surface area contributed by atoms with E-state index in [9.17, 15) is 13.2 Å². The minimum atomic E-state index is -4.48. The normalized spacial score (nSPS) is 11.8. The van der Waals surface area contributed by atoms with Crippen LogP contribution in [0.25, 0.3) is 0 Å². The Morgan fingerprint density at radius 1 is 1.29 bits per heavy atom. The lowest BCUT2D eigenvalue weighted by atomic mass is 10.2. The molecule has 98 valence electrons. The maximum Gasteiger partial charge on any atom is 0.452 e. The van der Waals surface area contributed by atoms with Crippen molar-refractivity contribution in [2.24, 2.45) is 0 Å². The molecule has 0 saturated heterocycles. The van der Waals surface area contributed by atoms with Gasteiger partial charge in [-0.1, -0.05) is 0 Å². The van der Waals surface area contributed by atoms with Gasteiger partial charge in [-0.15, -0.1) is 0 Å². The number of aromatic nitrogens is 2. The summed E-state index contributed by atoms with van der Waals surface area (Å²) in [5.74, 6) is -1.08. The maximum atomic E-state index is 12.3. The molecular formula is C9H14F3N3OS. The van der Waals surface area contributed by atoms with E-state index in [1.807, 2.05) is 0 Å². The van der Waals surface area contributed by atoms with E-state index in [-0.39, 0.29) is 11.7 Å². The van der Waals surface area contributed by atoms with Gasteiger partial charge in [-0.25, -0.2) is 0 Å². The smallest absolute Gasteiger partial charge is 0.396 e. The molecular weight excluding hydrogens is 255 g/mol. The Morgan fingerprint density at radius 2 is 2.00 bits per heavy atom. The average Bonchev–Trinajstić information content (AvgIpc) is 2.72. The molecule has 1 rings (SSSR count). The first kappa shape index (κ1) is 14.2. The molecule has 0 radical (unpaired) electrons. The van der Waals surface area contributed by atoms with Crippen LogP contribution in [0.15, 0.2) is 0 Å². The molecule has 0 atom stereocenters. The number of hydrogen-bond donors (Lipinski definition) is 1. The molecule has 0 bridgehead atoms. The molecule has 1 N–H and O–H groups in total. The van der Waals surface area contributed by atoms with Gasteiger partial charge in [-0.05, 0) is 19.3 Å². The van der Waals surface area contributed by atoms with Crippen molar-refractivity contribution in [3.63, 3.8) is 0 Å². The van der Waals surface area contributed by atoms with Crippen LogP contribution in [-0.4, -0.2) is 34.7 Å². The Bertz CT molecular complexity index is 342. The topological polar surface area (TPSA) is 49.2 Å². The molecule has 8 heteroatoms. The van der Waals surface area contributed by atoms with Gasteiger partial charge in [-0.2, -0.15) is 22.5 Å². The number of unbranched alkanes of at least 4 members (excludes halogenated alkanes) is 2. The Labute approximate surface area is 101 Å². The number of aliphatic hydroxyl groups excluding tert-OH is 1. The average molecular weight is 269 g/mol. The number of alkyl halides is 3. The zero-order valence-corrected chi connectivity index (χ0v) is 10.2. The minimum Gasteiger partial charge on any atom is -0.396 e. The molecule has 1 aromatic heterocycles. The predicted molar refractivity (Wildman–Crippen MR) is 59.1 cm³/mol. The van der Waals surface area contributed by atoms with E-state index in [1.165, 1.54) is 0 Å². The lowest BCUT2D eigenvalue weighted by Crippen LogP contribution is -2.18. The molecule has 0 aliphatic heterocycles. The van der Waals surface area contributed by atoms with Crippen LogP contribution >= 0.6 is 11.5 Å². The molecule has 0 unspecified atom stereocenters. The number of rotatable bonds is 6. The lowest BCUT2D eigenvalue weighted by Gasteiger charge is -2.14. The first-order valence-electron chi connectivity index (χ1n) is 5.18. The van der Waals surface area contributed by atoms with Crippen molar-refractivity contribution in [3.8, 4) is 0 Å². The number of halogens is 3. The largest absolute Gasteiger partial charge is 0.452 e. The van der Waals surface area contributed by atoms with Crippen LogP contribution in [0, 0.1) is 0 Å². The van der Waals surface area contributed by atoms with Crippen molar-refractivity contribution in [2.75, 3.05) is 25.1 Å². The number of nitrogens with zero attached hydrogens (tertiary/aromatic N) is 3. The van der Waals surface area contributed by atoms with Crippen LogP contribution in [0.3, 0.4) is 0 Å². The first-order valence-corrected chi connectivity index (χ1v) is 5.95. The molecule has 1 aromatic rings. The van der Waals surface area contributed by atoms with Gasteiger partial charge < -0.3 is 10.0 Å². The molecule has 0 fully saturated rings. The molecule has 0 spiro atoms. The fraction of sp³-hybridized carbons (Fsp3) is 0.778. The standard InChI is InChI=1S/C9H14F3N3OS/c1-15(5-3-2-4-6-16)8-13-7(14-17-8)9(10,11)12/h16H,2-6H2,1H3. The third kappa shape index (κ3) is 4.47. The summed E-state index contributed by atoms with van der Waals surface area (Å²) < 4.78 is 40.0. The van der Waals surface area contributed by atoms with E-state index < -0.39 is 12.0 Å². The molecule has 1 heterocycles. The summed E-state index contributed by atoms with van der Waals surface area (Å²) in [7, 11) is 1.68. The fourth-order valence-corrected chi connectivity index (χ4v) is 1.89. The Morgan fingerprint density at radius 3 is 2.53 bits per heavy atom. The molecule has 0 saturated carbocycles. The van der Waals surface area contributed by atoms with Gasteiger partial charge in [0.25, 0.3) is 0 Å². The zero-order valence-electron chi connectivity index (χ0n) is 9.37. The van der Waals surface area contributed by atoms with Crippen LogP contribution in [-0.2, 0) is 6.18 Å². The quantitative estimate of drug-likeness (QED) is 0.804. The Balaban J connectivity index is 2.47. The SMILES string of the molecule is CN(CCCCCO)c1nc(C(F)(F)F)ns1. The van der Waals surface area contributed by atoms with Crippen molar-refractivity contribution in [3.05, 3.63) is 5.82 Å². The van der Waals surface area contributed by atoms with E-state index in [0.29, 0.717) is 13.0 Å². The summed E-state index contributed by atoms with van der Waals surface area (Å²) in [4.78, 5) is 5.08. The molecule has 0 aliphatic carbocycles. The van der Waals surface area contributed by atoms with Gasteiger partial charge in [0.05, 0.1) is 0 Å². The van der Waals surface area contributed by atoms with E-state index in [0.717, 1.165) is 24.4 Å². The first-order chi connectivity index (χ1) is 7.95. The molecule has 17 heavy (non-hydrogen) atoms. The van der Waals surface area contributed by atoms with Gasteiger partial charge in [0.15, 0.2) is 0 Å². The summed E-state index contributed by atoms with van der Waals surface area (Å²) in [5, 5.41) is 8.85. The summed E-state index contributed by atoms with van der Waals surface area (Å²) in [5.41, 5.74) is 0. The highest BCUT2D eigenvalue weighted by Gasteiger charge is 2.36. The third-order valence-electron chi connectivity index (χ3n) is 2.15. The zero-order chi connectivity index (χ0) is 12.9. The highest BCUT2D eigenvalue weighted by atomic mass is 32.1. The van der Waals surface area contributed by atoms with E-state index in [1.54, 1.807) is 11.9 Å². The second-order valence-corrected chi connectivity index (χ2v) is 4.33. The number of hydrogen-bond acceptors (Lipinski definition) is 5. The monoisotopic (exact) mass is 269 g/mol. The highest BCUT2D eigenvalue weighted by molar-refractivity contribution is 7.09. The van der Waals surface area contributed by atoms with Crippen molar-refractivity contribution in [2.45, 2.75) is 25.4 Å². The summed E-state index contributed by atoms with van der Waals surface area (Å²) in [6, 6.07) is 0. The number of aliphatic hydroxyl groups is 1. The third-order valence-corrected chi connectivity index (χ3v) is 2.98. The summed E-state index contributed by atoms with van der Waals surface area (Å²) in [6.45, 7) is 0.743. The molecule has 4 nitrogen and oxygen atoms in total. The highest BCUT2D eigenvalue weighted by Crippen LogP contribution is 2.29.